The quantitative estimate of drug-likeness (QED) is 0.836. The van der Waals surface area contributed by atoms with E-state index in [9.17, 15) is 0 Å². The van der Waals surface area contributed by atoms with Gasteiger partial charge in [0.2, 0.25) is 0 Å². The smallest absolute Gasteiger partial charge is 0.126 e. The molecule has 0 aliphatic rings. The predicted octanol–water partition coefficient (Wildman–Crippen LogP) is 4.75. The summed E-state index contributed by atoms with van der Waals surface area (Å²) in [6.45, 7) is 7.55. The Morgan fingerprint density at radius 1 is 1.19 bits per heavy atom. The van der Waals surface area contributed by atoms with Crippen LogP contribution in [0, 0.1) is 13.8 Å². The molecule has 0 amide bonds. The third-order valence-electron chi connectivity index (χ3n) is 3.20. The van der Waals surface area contributed by atoms with Crippen molar-refractivity contribution in [3.05, 3.63) is 52.2 Å². The van der Waals surface area contributed by atoms with Gasteiger partial charge in [0.15, 0.2) is 0 Å². The lowest BCUT2D eigenvalue weighted by molar-refractivity contribution is 0.306. The Hall–Kier alpha value is -1.74. The average Bonchev–Trinajstić information content (AvgIpc) is 2.49. The molecule has 0 radical (unpaired) electrons. The van der Waals surface area contributed by atoms with E-state index in [1.54, 1.807) is 6.20 Å². The first-order valence-corrected chi connectivity index (χ1v) is 7.56. The van der Waals surface area contributed by atoms with Crippen LogP contribution < -0.4 is 10.1 Å². The molecular weight excluding hydrogens is 284 g/mol. The van der Waals surface area contributed by atoms with Crippen molar-refractivity contribution in [2.24, 2.45) is 0 Å². The van der Waals surface area contributed by atoms with Crippen LogP contribution in [-0.4, -0.2) is 11.5 Å². The van der Waals surface area contributed by atoms with Crippen LogP contribution >= 0.6 is 11.6 Å². The van der Waals surface area contributed by atoms with Gasteiger partial charge in [0, 0.05) is 17.8 Å². The van der Waals surface area contributed by atoms with E-state index in [0.717, 1.165) is 46.2 Å². The summed E-state index contributed by atoms with van der Waals surface area (Å²) in [5.41, 5.74) is 3.16. The monoisotopic (exact) mass is 304 g/mol. The first kappa shape index (κ1) is 15.6. The van der Waals surface area contributed by atoms with Gasteiger partial charge in [-0.2, -0.15) is 0 Å². The van der Waals surface area contributed by atoms with Crippen molar-refractivity contribution in [1.29, 1.82) is 0 Å². The SMILES string of the molecule is CCCNc1cc(COc2cc(C)c(Cl)c(C)c2)ccn1. The number of nitrogens with one attached hydrogen (secondary N) is 1. The normalized spacial score (nSPS) is 10.5. The minimum atomic E-state index is 0.518. The molecule has 0 aliphatic carbocycles. The van der Waals surface area contributed by atoms with E-state index in [1.807, 2.05) is 38.1 Å². The van der Waals surface area contributed by atoms with Crippen molar-refractivity contribution in [3.63, 3.8) is 0 Å². The second kappa shape index (κ2) is 7.32. The molecule has 0 fully saturated rings. The van der Waals surface area contributed by atoms with Gasteiger partial charge in [-0.1, -0.05) is 18.5 Å². The van der Waals surface area contributed by atoms with Crippen LogP contribution in [0.15, 0.2) is 30.5 Å². The second-order valence-corrected chi connectivity index (χ2v) is 5.51. The molecule has 1 heterocycles. The van der Waals surface area contributed by atoms with Crippen LogP contribution in [0.2, 0.25) is 5.02 Å². The maximum Gasteiger partial charge on any atom is 0.126 e. The number of aryl methyl sites for hydroxylation is 2. The summed E-state index contributed by atoms with van der Waals surface area (Å²) in [6, 6.07) is 7.91. The van der Waals surface area contributed by atoms with Crippen molar-refractivity contribution >= 4 is 17.4 Å². The summed E-state index contributed by atoms with van der Waals surface area (Å²) in [5.74, 6) is 1.73. The number of aromatic nitrogens is 1. The van der Waals surface area contributed by atoms with E-state index in [-0.39, 0.29) is 0 Å². The van der Waals surface area contributed by atoms with Crippen molar-refractivity contribution in [3.8, 4) is 5.75 Å². The van der Waals surface area contributed by atoms with E-state index in [0.29, 0.717) is 6.61 Å². The maximum absolute atomic E-state index is 6.16. The largest absolute Gasteiger partial charge is 0.489 e. The Labute approximate surface area is 131 Å². The minimum Gasteiger partial charge on any atom is -0.489 e. The molecule has 4 heteroatoms. The Balaban J connectivity index is 2.03. The zero-order chi connectivity index (χ0) is 15.2. The van der Waals surface area contributed by atoms with Gasteiger partial charge in [-0.3, -0.25) is 0 Å². The number of ether oxygens (including phenoxy) is 1. The lowest BCUT2D eigenvalue weighted by Crippen LogP contribution is -2.03. The van der Waals surface area contributed by atoms with E-state index >= 15 is 0 Å². The predicted molar refractivity (Wildman–Crippen MR) is 88.3 cm³/mol. The highest BCUT2D eigenvalue weighted by Crippen LogP contribution is 2.26. The van der Waals surface area contributed by atoms with E-state index in [2.05, 4.69) is 17.2 Å². The van der Waals surface area contributed by atoms with Crippen LogP contribution in [0.1, 0.15) is 30.0 Å². The number of anilines is 1. The van der Waals surface area contributed by atoms with Gasteiger partial charge in [0.05, 0.1) is 0 Å². The molecule has 0 saturated heterocycles. The van der Waals surface area contributed by atoms with Crippen molar-refractivity contribution in [2.75, 3.05) is 11.9 Å². The highest BCUT2D eigenvalue weighted by atomic mass is 35.5. The number of nitrogens with zero attached hydrogens (tertiary/aromatic N) is 1. The summed E-state index contributed by atoms with van der Waals surface area (Å²) < 4.78 is 5.85. The summed E-state index contributed by atoms with van der Waals surface area (Å²) in [6.07, 6.45) is 2.88. The standard InChI is InChI=1S/C17H21ClN2O/c1-4-6-19-16-10-14(5-7-20-16)11-21-15-8-12(2)17(18)13(3)9-15/h5,7-10H,4,6,11H2,1-3H3,(H,19,20). The third-order valence-corrected chi connectivity index (χ3v) is 3.79. The maximum atomic E-state index is 6.16. The molecule has 0 atom stereocenters. The molecule has 2 aromatic rings. The zero-order valence-corrected chi connectivity index (χ0v) is 13.5. The lowest BCUT2D eigenvalue weighted by atomic mass is 10.1. The molecule has 112 valence electrons. The van der Waals surface area contributed by atoms with Gasteiger partial charge in [-0.05, 0) is 61.2 Å². The fourth-order valence-corrected chi connectivity index (χ4v) is 2.18. The van der Waals surface area contributed by atoms with Crippen LogP contribution in [0.4, 0.5) is 5.82 Å². The van der Waals surface area contributed by atoms with Crippen molar-refractivity contribution in [1.82, 2.24) is 4.98 Å². The molecule has 0 aliphatic heterocycles. The van der Waals surface area contributed by atoms with E-state index < -0.39 is 0 Å². The molecule has 2 rings (SSSR count). The number of hydrogen-bond donors (Lipinski definition) is 1. The first-order valence-electron chi connectivity index (χ1n) is 7.18. The molecule has 21 heavy (non-hydrogen) atoms. The molecule has 0 unspecified atom stereocenters. The topological polar surface area (TPSA) is 34.1 Å². The van der Waals surface area contributed by atoms with Gasteiger partial charge < -0.3 is 10.1 Å². The molecule has 1 aromatic heterocycles. The summed E-state index contributed by atoms with van der Waals surface area (Å²) in [4.78, 5) is 4.29. The van der Waals surface area contributed by atoms with Crippen LogP contribution in [0.25, 0.3) is 0 Å². The fraction of sp³-hybridized carbons (Fsp3) is 0.353. The van der Waals surface area contributed by atoms with Gasteiger partial charge in [0.1, 0.15) is 18.2 Å². The fourth-order valence-electron chi connectivity index (χ4n) is 2.07. The molecule has 0 spiro atoms. The number of rotatable bonds is 6. The summed E-state index contributed by atoms with van der Waals surface area (Å²) >= 11 is 6.16. The first-order chi connectivity index (χ1) is 10.1. The van der Waals surface area contributed by atoms with E-state index in [1.165, 1.54) is 0 Å². The van der Waals surface area contributed by atoms with Crippen molar-refractivity contribution < 1.29 is 4.74 Å². The highest BCUT2D eigenvalue weighted by molar-refractivity contribution is 6.32. The number of halogens is 1. The molecular formula is C17H21ClN2O. The Bertz CT molecular complexity index is 590. The molecule has 0 bridgehead atoms. The van der Waals surface area contributed by atoms with Crippen molar-refractivity contribution in [2.45, 2.75) is 33.8 Å². The summed E-state index contributed by atoms with van der Waals surface area (Å²) in [5, 5.41) is 4.08. The Kier molecular flexibility index (Phi) is 5.45. The lowest BCUT2D eigenvalue weighted by Gasteiger charge is -2.11. The van der Waals surface area contributed by atoms with Gasteiger partial charge in [-0.25, -0.2) is 4.98 Å². The number of hydrogen-bond acceptors (Lipinski definition) is 3. The number of pyridine rings is 1. The second-order valence-electron chi connectivity index (χ2n) is 5.14. The van der Waals surface area contributed by atoms with Crippen LogP contribution in [-0.2, 0) is 6.61 Å². The number of benzene rings is 1. The van der Waals surface area contributed by atoms with Crippen LogP contribution in [0.3, 0.4) is 0 Å². The van der Waals surface area contributed by atoms with Crippen LogP contribution in [0.5, 0.6) is 5.75 Å². The third kappa shape index (κ3) is 4.36. The van der Waals surface area contributed by atoms with Gasteiger partial charge in [0.25, 0.3) is 0 Å². The van der Waals surface area contributed by atoms with Gasteiger partial charge in [-0.15, -0.1) is 0 Å². The molecule has 1 N–H and O–H groups in total. The average molecular weight is 305 g/mol. The Morgan fingerprint density at radius 3 is 2.57 bits per heavy atom. The molecule has 1 aromatic carbocycles. The summed E-state index contributed by atoms with van der Waals surface area (Å²) in [7, 11) is 0. The minimum absolute atomic E-state index is 0.518. The Morgan fingerprint density at radius 2 is 1.90 bits per heavy atom. The molecule has 0 saturated carbocycles. The molecule has 3 nitrogen and oxygen atoms in total. The zero-order valence-electron chi connectivity index (χ0n) is 12.7. The highest BCUT2D eigenvalue weighted by Gasteiger charge is 2.04. The van der Waals surface area contributed by atoms with E-state index in [4.69, 9.17) is 16.3 Å². The van der Waals surface area contributed by atoms with Gasteiger partial charge >= 0.3 is 0 Å².